The Morgan fingerprint density at radius 1 is 0.982 bits per heavy atom. The molecule has 6 heterocycles. The Labute approximate surface area is 327 Å². The summed E-state index contributed by atoms with van der Waals surface area (Å²) in [6, 6.07) is 10.8. The molecule has 0 unspecified atom stereocenters. The summed E-state index contributed by atoms with van der Waals surface area (Å²) in [6.07, 6.45) is 10.9. The van der Waals surface area contributed by atoms with E-state index in [1.54, 1.807) is 35.1 Å². The highest BCUT2D eigenvalue weighted by molar-refractivity contribution is 6.23. The number of benzene rings is 2. The number of carbonyl (C=O) groups excluding carboxylic acids is 5. The average molecular weight is 773 g/mol. The second-order valence-electron chi connectivity index (χ2n) is 15.9. The third-order valence-corrected chi connectivity index (χ3v) is 11.8. The van der Waals surface area contributed by atoms with Gasteiger partial charge in [0, 0.05) is 67.3 Å². The van der Waals surface area contributed by atoms with Gasteiger partial charge in [-0.2, -0.15) is 10.2 Å². The van der Waals surface area contributed by atoms with Crippen LogP contribution in [0.3, 0.4) is 0 Å². The summed E-state index contributed by atoms with van der Waals surface area (Å²) in [5.41, 5.74) is 3.67. The molecule has 16 heteroatoms. The quantitative estimate of drug-likeness (QED) is 0.174. The number of anilines is 2. The number of nitrogens with zero attached hydrogens (tertiary/aromatic N) is 7. The molecule has 1 saturated carbocycles. The average Bonchev–Trinajstić information content (AvgIpc) is 3.86. The lowest BCUT2D eigenvalue weighted by Crippen LogP contribution is -2.54. The molecule has 0 bridgehead atoms. The van der Waals surface area contributed by atoms with Crippen LogP contribution < -0.4 is 25.6 Å². The SMILES string of the molecule is CC(C)Oc1cc2nn(C3CC(N[C@H](C)C4CCN(c5ccc6c(c5)C(=O)N([C@@H]5CCC(=O)NC5=O)C6=O)CC4)C3)cc2cc1NC(=O)c1cnn2cccnc12. The molecule has 0 spiro atoms. The minimum Gasteiger partial charge on any atom is -0.489 e. The smallest absolute Gasteiger partial charge is 0.262 e. The molecule has 5 aromatic rings. The molecular formula is C41H44N10O6. The maximum Gasteiger partial charge on any atom is 0.262 e. The molecule has 3 N–H and O–H groups in total. The van der Waals surface area contributed by atoms with Crippen LogP contribution in [0.5, 0.6) is 5.75 Å². The zero-order chi connectivity index (χ0) is 39.5. The molecule has 2 saturated heterocycles. The largest absolute Gasteiger partial charge is 0.489 e. The molecule has 3 fully saturated rings. The molecule has 4 aliphatic rings. The molecule has 3 aromatic heterocycles. The highest BCUT2D eigenvalue weighted by Gasteiger charge is 2.45. The van der Waals surface area contributed by atoms with Gasteiger partial charge in [-0.05, 0) is 89.1 Å². The van der Waals surface area contributed by atoms with Crippen LogP contribution in [0.25, 0.3) is 16.6 Å². The highest BCUT2D eigenvalue weighted by atomic mass is 16.5. The van der Waals surface area contributed by atoms with E-state index in [2.05, 4.69) is 37.9 Å². The first-order valence-electron chi connectivity index (χ1n) is 19.7. The Balaban J connectivity index is 0.795. The van der Waals surface area contributed by atoms with Crippen LogP contribution >= 0.6 is 0 Å². The van der Waals surface area contributed by atoms with E-state index in [-0.39, 0.29) is 30.9 Å². The Morgan fingerprint density at radius 3 is 2.54 bits per heavy atom. The van der Waals surface area contributed by atoms with Crippen molar-refractivity contribution in [3.05, 3.63) is 77.9 Å². The van der Waals surface area contributed by atoms with Crippen LogP contribution in [0.4, 0.5) is 11.4 Å². The summed E-state index contributed by atoms with van der Waals surface area (Å²) in [7, 11) is 0. The third kappa shape index (κ3) is 6.77. The minimum absolute atomic E-state index is 0.0888. The van der Waals surface area contributed by atoms with Gasteiger partial charge < -0.3 is 20.3 Å². The summed E-state index contributed by atoms with van der Waals surface area (Å²) in [5.74, 6) is -1.28. The predicted molar refractivity (Wildman–Crippen MR) is 209 cm³/mol. The minimum atomic E-state index is -0.977. The van der Waals surface area contributed by atoms with E-state index in [1.165, 1.54) is 6.20 Å². The topological polar surface area (TPSA) is 185 Å². The zero-order valence-electron chi connectivity index (χ0n) is 32.0. The van der Waals surface area contributed by atoms with Crippen molar-refractivity contribution in [3.63, 3.8) is 0 Å². The van der Waals surface area contributed by atoms with Crippen molar-refractivity contribution in [2.75, 3.05) is 23.3 Å². The van der Waals surface area contributed by atoms with E-state index < -0.39 is 29.7 Å². The van der Waals surface area contributed by atoms with Crippen LogP contribution in [0.15, 0.2) is 61.2 Å². The molecule has 1 aliphatic carbocycles. The van der Waals surface area contributed by atoms with Gasteiger partial charge in [-0.3, -0.25) is 38.9 Å². The fourth-order valence-corrected chi connectivity index (χ4v) is 8.65. The van der Waals surface area contributed by atoms with Gasteiger partial charge >= 0.3 is 0 Å². The lowest BCUT2D eigenvalue weighted by Gasteiger charge is -2.41. The number of hydrogen-bond donors (Lipinski definition) is 3. The molecule has 2 aromatic carbocycles. The van der Waals surface area contributed by atoms with Crippen molar-refractivity contribution < 1.29 is 28.7 Å². The number of rotatable bonds is 10. The van der Waals surface area contributed by atoms with Crippen LogP contribution in [-0.2, 0) is 9.59 Å². The fraction of sp³-hybridized carbons (Fsp3) is 0.415. The van der Waals surface area contributed by atoms with Gasteiger partial charge in [-0.1, -0.05) is 0 Å². The maximum atomic E-state index is 13.4. The van der Waals surface area contributed by atoms with Crippen LogP contribution in [0.1, 0.15) is 96.4 Å². The Kier molecular flexibility index (Phi) is 9.22. The summed E-state index contributed by atoms with van der Waals surface area (Å²) < 4.78 is 9.71. The lowest BCUT2D eigenvalue weighted by atomic mass is 9.83. The molecule has 0 radical (unpaired) electrons. The number of piperidine rings is 2. The number of aromatic nitrogens is 5. The molecule has 57 heavy (non-hydrogen) atoms. The number of ether oxygens (including phenoxy) is 1. The van der Waals surface area contributed by atoms with Crippen molar-refractivity contribution in [2.45, 2.75) is 89.6 Å². The fourth-order valence-electron chi connectivity index (χ4n) is 8.65. The van der Waals surface area contributed by atoms with Crippen molar-refractivity contribution in [1.29, 1.82) is 0 Å². The van der Waals surface area contributed by atoms with Crippen LogP contribution in [-0.4, -0.2) is 96.1 Å². The molecule has 3 aliphatic heterocycles. The van der Waals surface area contributed by atoms with E-state index in [4.69, 9.17) is 9.84 Å². The number of carbonyl (C=O) groups is 5. The molecule has 16 nitrogen and oxygen atoms in total. The summed E-state index contributed by atoms with van der Waals surface area (Å²) in [5, 5.41) is 19.2. The van der Waals surface area contributed by atoms with E-state index >= 15 is 0 Å². The summed E-state index contributed by atoms with van der Waals surface area (Å²) in [6.45, 7) is 7.79. The number of nitrogens with one attached hydrogen (secondary N) is 3. The predicted octanol–water partition coefficient (Wildman–Crippen LogP) is 4.12. The van der Waals surface area contributed by atoms with Crippen molar-refractivity contribution in [1.82, 2.24) is 39.9 Å². The van der Waals surface area contributed by atoms with Gasteiger partial charge in [0.15, 0.2) is 5.65 Å². The van der Waals surface area contributed by atoms with Gasteiger partial charge in [0.05, 0.1) is 40.7 Å². The van der Waals surface area contributed by atoms with E-state index in [0.717, 1.165) is 60.3 Å². The molecule has 2 atom stereocenters. The van der Waals surface area contributed by atoms with Crippen molar-refractivity contribution in [3.8, 4) is 5.75 Å². The normalized spacial score (nSPS) is 21.9. The number of fused-ring (bicyclic) bond motifs is 3. The summed E-state index contributed by atoms with van der Waals surface area (Å²) >= 11 is 0. The van der Waals surface area contributed by atoms with Crippen molar-refractivity contribution >= 4 is 57.5 Å². The zero-order valence-corrected chi connectivity index (χ0v) is 32.0. The first-order chi connectivity index (χ1) is 27.5. The van der Waals surface area contributed by atoms with Crippen molar-refractivity contribution in [2.24, 2.45) is 5.92 Å². The highest BCUT2D eigenvalue weighted by Crippen LogP contribution is 2.38. The summed E-state index contributed by atoms with van der Waals surface area (Å²) in [4.78, 5) is 71.5. The van der Waals surface area contributed by atoms with E-state index in [9.17, 15) is 24.0 Å². The van der Waals surface area contributed by atoms with Gasteiger partial charge in [0.25, 0.3) is 17.7 Å². The molecule has 294 valence electrons. The van der Waals surface area contributed by atoms with Gasteiger partial charge in [-0.25, -0.2) is 9.50 Å². The Morgan fingerprint density at radius 2 is 1.77 bits per heavy atom. The monoisotopic (exact) mass is 772 g/mol. The Hall–Kier alpha value is -6.16. The first-order valence-corrected chi connectivity index (χ1v) is 19.7. The molecular weight excluding hydrogens is 729 g/mol. The standard InChI is InChI=1S/C41H44N10O6/c1-22(2)57-35-19-32-25(15-33(35)45-38(53)31-20-43-49-12-4-11-42-37(31)49)21-50(47-32)28-16-26(17-28)44-23(3)24-9-13-48(14-10-24)27-5-6-29-30(18-27)41(56)51(40(29)55)34-7-8-36(52)46-39(34)54/h4-6,11-12,15,18-24,26,28,34,44H,7-10,13-14,16-17H2,1-3H3,(H,45,53)(H,46,52,54)/t23-,26?,28?,34-/m1/s1. The lowest BCUT2D eigenvalue weighted by molar-refractivity contribution is -0.136. The second-order valence-corrected chi connectivity index (χ2v) is 15.9. The van der Waals surface area contributed by atoms with Crippen LogP contribution in [0, 0.1) is 5.92 Å². The third-order valence-electron chi connectivity index (χ3n) is 11.8. The first kappa shape index (κ1) is 36.5. The number of imide groups is 2. The second kappa shape index (κ2) is 14.4. The van der Waals surface area contributed by atoms with Crippen LogP contribution in [0.2, 0.25) is 0 Å². The number of hydrogen-bond acceptors (Lipinski definition) is 11. The van der Waals surface area contributed by atoms with Gasteiger partial charge in [0.1, 0.15) is 17.4 Å². The maximum absolute atomic E-state index is 13.4. The molecule has 5 amide bonds. The van der Waals surface area contributed by atoms with Gasteiger partial charge in [-0.15, -0.1) is 0 Å². The Bertz CT molecular complexity index is 2440. The number of amides is 5. The van der Waals surface area contributed by atoms with Gasteiger partial charge in [0.2, 0.25) is 11.8 Å². The van der Waals surface area contributed by atoms with E-state index in [1.807, 2.05) is 42.9 Å². The van der Waals surface area contributed by atoms with E-state index in [0.29, 0.717) is 51.8 Å². The molecule has 9 rings (SSSR count).